The Morgan fingerprint density at radius 1 is 1.50 bits per heavy atom. The Balaban J connectivity index is 2.42. The van der Waals surface area contributed by atoms with Crippen molar-refractivity contribution in [3.63, 3.8) is 0 Å². The van der Waals surface area contributed by atoms with Gasteiger partial charge in [0.05, 0.1) is 0 Å². The molecule has 16 heavy (non-hydrogen) atoms. The number of likely N-dealkylation sites (tertiary alicyclic amines) is 1. The summed E-state index contributed by atoms with van der Waals surface area (Å²) in [5, 5.41) is 11.4. The fraction of sp³-hybridized carbons (Fsp3) is 0.800. The smallest absolute Gasteiger partial charge is 0.327 e. The maximum Gasteiger partial charge on any atom is 0.327 e. The van der Waals surface area contributed by atoms with E-state index in [1.807, 2.05) is 4.90 Å². The van der Waals surface area contributed by atoms with Crippen LogP contribution >= 0.6 is 0 Å². The topological polar surface area (TPSA) is 95.7 Å². The molecule has 1 aliphatic heterocycles. The number of nitrogens with one attached hydrogen (secondary N) is 1. The molecule has 0 saturated carbocycles. The number of carbonyl (C=O) groups excluding carboxylic acids is 1. The number of nitrogens with two attached hydrogens (primary N) is 1. The lowest BCUT2D eigenvalue weighted by atomic mass is 10.1. The molecule has 6 heteroatoms. The van der Waals surface area contributed by atoms with Gasteiger partial charge in [-0.15, -0.1) is 0 Å². The highest BCUT2D eigenvalue weighted by Crippen LogP contribution is 2.08. The standard InChI is InChI=1S/C10H19N3O3/c1-7(14)12-9(10(15)16)6-13-4-2-8(11)3-5-13/h8-9H,2-6,11H2,1H3,(H,12,14)(H,15,16). The van der Waals surface area contributed by atoms with Gasteiger partial charge in [0, 0.05) is 19.5 Å². The van der Waals surface area contributed by atoms with Crippen LogP contribution in [-0.2, 0) is 9.59 Å². The van der Waals surface area contributed by atoms with Crippen LogP contribution in [0.4, 0.5) is 0 Å². The average molecular weight is 229 g/mol. The second-order valence-corrected chi connectivity index (χ2v) is 4.23. The van der Waals surface area contributed by atoms with Crippen LogP contribution in [0.15, 0.2) is 0 Å². The van der Waals surface area contributed by atoms with Crippen LogP contribution in [0.1, 0.15) is 19.8 Å². The maximum absolute atomic E-state index is 10.9. The van der Waals surface area contributed by atoms with Crippen molar-refractivity contribution in [3.05, 3.63) is 0 Å². The van der Waals surface area contributed by atoms with Gasteiger partial charge in [-0.05, 0) is 25.9 Å². The highest BCUT2D eigenvalue weighted by Gasteiger charge is 2.24. The summed E-state index contributed by atoms with van der Waals surface area (Å²) in [5.41, 5.74) is 5.76. The Morgan fingerprint density at radius 3 is 2.50 bits per heavy atom. The largest absolute Gasteiger partial charge is 0.480 e. The Morgan fingerprint density at radius 2 is 2.06 bits per heavy atom. The van der Waals surface area contributed by atoms with E-state index < -0.39 is 12.0 Å². The zero-order chi connectivity index (χ0) is 12.1. The van der Waals surface area contributed by atoms with Gasteiger partial charge < -0.3 is 21.1 Å². The first-order valence-electron chi connectivity index (χ1n) is 5.47. The highest BCUT2D eigenvalue weighted by atomic mass is 16.4. The minimum atomic E-state index is -0.995. The number of piperidine rings is 1. The third-order valence-electron chi connectivity index (χ3n) is 2.75. The van der Waals surface area contributed by atoms with Gasteiger partial charge >= 0.3 is 5.97 Å². The summed E-state index contributed by atoms with van der Waals surface area (Å²) in [4.78, 5) is 23.8. The molecule has 1 heterocycles. The van der Waals surface area contributed by atoms with Gasteiger partial charge in [0.25, 0.3) is 0 Å². The van der Waals surface area contributed by atoms with E-state index in [1.54, 1.807) is 0 Å². The fourth-order valence-corrected chi connectivity index (χ4v) is 1.82. The lowest BCUT2D eigenvalue weighted by molar-refractivity contribution is -0.142. The summed E-state index contributed by atoms with van der Waals surface area (Å²) in [6, 6.07) is -0.605. The van der Waals surface area contributed by atoms with Crippen LogP contribution in [0.25, 0.3) is 0 Å². The molecule has 1 fully saturated rings. The Bertz CT molecular complexity index is 262. The molecule has 0 aliphatic carbocycles. The highest BCUT2D eigenvalue weighted by molar-refractivity contribution is 5.82. The van der Waals surface area contributed by atoms with Gasteiger partial charge in [0.15, 0.2) is 0 Å². The normalized spacial score (nSPS) is 20.4. The lowest BCUT2D eigenvalue weighted by Crippen LogP contribution is -2.50. The van der Waals surface area contributed by atoms with Crippen molar-refractivity contribution in [1.29, 1.82) is 0 Å². The zero-order valence-electron chi connectivity index (χ0n) is 9.48. The van der Waals surface area contributed by atoms with Gasteiger partial charge in [-0.3, -0.25) is 4.79 Å². The molecule has 1 aliphatic rings. The molecule has 92 valence electrons. The van der Waals surface area contributed by atoms with Crippen LogP contribution in [0.2, 0.25) is 0 Å². The van der Waals surface area contributed by atoms with E-state index in [0.717, 1.165) is 25.9 Å². The van der Waals surface area contributed by atoms with Crippen molar-refractivity contribution in [2.45, 2.75) is 31.8 Å². The van der Waals surface area contributed by atoms with E-state index in [4.69, 9.17) is 10.8 Å². The first kappa shape index (κ1) is 12.9. The van der Waals surface area contributed by atoms with Gasteiger partial charge in [0.2, 0.25) is 5.91 Å². The summed E-state index contributed by atoms with van der Waals surface area (Å²) < 4.78 is 0. The quantitative estimate of drug-likeness (QED) is 0.574. The summed E-state index contributed by atoms with van der Waals surface area (Å²) in [6.07, 6.45) is 1.76. The molecule has 4 N–H and O–H groups in total. The number of hydrogen-bond acceptors (Lipinski definition) is 4. The molecular formula is C10H19N3O3. The van der Waals surface area contributed by atoms with Gasteiger partial charge in [-0.1, -0.05) is 0 Å². The minimum absolute atomic E-state index is 0.222. The van der Waals surface area contributed by atoms with Gasteiger partial charge in [0.1, 0.15) is 6.04 Å². The number of amides is 1. The van der Waals surface area contributed by atoms with Gasteiger partial charge in [-0.25, -0.2) is 4.79 Å². The molecule has 0 aromatic carbocycles. The van der Waals surface area contributed by atoms with Crippen molar-refractivity contribution in [3.8, 4) is 0 Å². The minimum Gasteiger partial charge on any atom is -0.480 e. The van der Waals surface area contributed by atoms with Crippen LogP contribution in [-0.4, -0.2) is 53.6 Å². The van der Waals surface area contributed by atoms with Crippen LogP contribution in [0.5, 0.6) is 0 Å². The molecule has 0 bridgehead atoms. The van der Waals surface area contributed by atoms with Crippen molar-refractivity contribution >= 4 is 11.9 Å². The predicted octanol–water partition coefficient (Wildman–Crippen LogP) is -1.00. The molecule has 0 radical (unpaired) electrons. The number of aliphatic carboxylic acids is 1. The summed E-state index contributed by atoms with van der Waals surface area (Å²) in [7, 11) is 0. The summed E-state index contributed by atoms with van der Waals surface area (Å²) in [6.45, 7) is 3.26. The zero-order valence-corrected chi connectivity index (χ0v) is 9.48. The number of hydrogen-bond donors (Lipinski definition) is 3. The Labute approximate surface area is 94.8 Å². The molecule has 1 unspecified atom stereocenters. The van der Waals surface area contributed by atoms with E-state index in [9.17, 15) is 9.59 Å². The number of rotatable bonds is 4. The molecule has 1 rings (SSSR count). The van der Waals surface area contributed by atoms with E-state index in [1.165, 1.54) is 6.92 Å². The lowest BCUT2D eigenvalue weighted by Gasteiger charge is -2.31. The molecule has 6 nitrogen and oxygen atoms in total. The molecular weight excluding hydrogens is 210 g/mol. The summed E-state index contributed by atoms with van der Waals surface area (Å²) >= 11 is 0. The Hall–Kier alpha value is -1.14. The molecule has 1 amide bonds. The molecule has 0 aromatic rings. The molecule has 0 aromatic heterocycles. The average Bonchev–Trinajstić information content (AvgIpc) is 2.19. The maximum atomic E-state index is 10.9. The van der Waals surface area contributed by atoms with E-state index in [0.29, 0.717) is 6.54 Å². The second-order valence-electron chi connectivity index (χ2n) is 4.23. The number of carbonyl (C=O) groups is 2. The van der Waals surface area contributed by atoms with Crippen LogP contribution in [0.3, 0.4) is 0 Å². The van der Waals surface area contributed by atoms with Gasteiger partial charge in [-0.2, -0.15) is 0 Å². The third kappa shape index (κ3) is 4.16. The predicted molar refractivity (Wildman–Crippen MR) is 58.9 cm³/mol. The van der Waals surface area contributed by atoms with E-state index in [-0.39, 0.29) is 11.9 Å². The fourth-order valence-electron chi connectivity index (χ4n) is 1.82. The molecule has 1 saturated heterocycles. The van der Waals surface area contributed by atoms with Crippen molar-refractivity contribution < 1.29 is 14.7 Å². The number of carboxylic acids is 1. The monoisotopic (exact) mass is 229 g/mol. The molecule has 1 atom stereocenters. The second kappa shape index (κ2) is 5.81. The van der Waals surface area contributed by atoms with Crippen molar-refractivity contribution in [2.24, 2.45) is 5.73 Å². The SMILES string of the molecule is CC(=O)NC(CN1CCC(N)CC1)C(=O)O. The van der Waals surface area contributed by atoms with Crippen LogP contribution in [0, 0.1) is 0 Å². The number of carboxylic acid groups (broad SMARTS) is 1. The Kier molecular flexibility index (Phi) is 4.70. The van der Waals surface area contributed by atoms with Crippen LogP contribution < -0.4 is 11.1 Å². The first-order valence-corrected chi connectivity index (χ1v) is 5.47. The van der Waals surface area contributed by atoms with E-state index in [2.05, 4.69) is 5.32 Å². The number of nitrogens with zero attached hydrogens (tertiary/aromatic N) is 1. The van der Waals surface area contributed by atoms with Crippen molar-refractivity contribution in [2.75, 3.05) is 19.6 Å². The summed E-state index contributed by atoms with van der Waals surface area (Å²) in [5.74, 6) is -1.31. The molecule has 0 spiro atoms. The first-order chi connectivity index (χ1) is 7.49. The third-order valence-corrected chi connectivity index (χ3v) is 2.75. The van der Waals surface area contributed by atoms with E-state index >= 15 is 0 Å². The van der Waals surface area contributed by atoms with Crippen molar-refractivity contribution in [1.82, 2.24) is 10.2 Å².